The van der Waals surface area contributed by atoms with E-state index >= 15 is 0 Å². The lowest BCUT2D eigenvalue weighted by atomic mass is 9.91. The molecule has 0 amide bonds. The van der Waals surface area contributed by atoms with Gasteiger partial charge in [-0.15, -0.1) is 0 Å². The third-order valence-corrected chi connectivity index (χ3v) is 6.14. The molecule has 1 aliphatic rings. The van der Waals surface area contributed by atoms with Gasteiger partial charge in [0.2, 0.25) is 0 Å². The number of rotatable bonds is 5. The quantitative estimate of drug-likeness (QED) is 0.821. The Morgan fingerprint density at radius 3 is 2.56 bits per heavy atom. The van der Waals surface area contributed by atoms with Crippen molar-refractivity contribution in [1.29, 1.82) is 0 Å². The van der Waals surface area contributed by atoms with Crippen LogP contribution in [-0.2, 0) is 16.4 Å². The smallest absolute Gasteiger partial charge is 0.175 e. The summed E-state index contributed by atoms with van der Waals surface area (Å²) in [6, 6.07) is 14.1. The maximum Gasteiger partial charge on any atom is 0.175 e. The Bertz CT molecular complexity index is 896. The summed E-state index contributed by atoms with van der Waals surface area (Å²) in [6.07, 6.45) is 1.56. The molecule has 0 aliphatic carbocycles. The summed E-state index contributed by atoms with van der Waals surface area (Å²) >= 11 is 6.00. The van der Waals surface area contributed by atoms with Crippen LogP contribution in [0.15, 0.2) is 53.4 Å². The first kappa shape index (κ1) is 20.1. The second-order valence-electron chi connectivity index (χ2n) is 7.34. The number of sulfone groups is 1. The van der Waals surface area contributed by atoms with Crippen LogP contribution in [-0.4, -0.2) is 49.5 Å². The van der Waals surface area contributed by atoms with Crippen LogP contribution in [0.2, 0.25) is 5.02 Å². The highest BCUT2D eigenvalue weighted by Gasteiger charge is 2.39. The van der Waals surface area contributed by atoms with E-state index in [9.17, 15) is 13.5 Å². The fourth-order valence-electron chi connectivity index (χ4n) is 3.37. The molecular weight excluding hydrogens is 386 g/mol. The third-order valence-electron chi connectivity index (χ3n) is 4.78. The molecule has 27 heavy (non-hydrogen) atoms. The number of aliphatic hydroxyl groups is 1. The van der Waals surface area contributed by atoms with Crippen molar-refractivity contribution in [3.8, 4) is 5.75 Å². The molecule has 1 aliphatic heterocycles. The number of benzene rings is 2. The fraction of sp³-hybridized carbons (Fsp3) is 0.400. The lowest BCUT2D eigenvalue weighted by Crippen LogP contribution is -2.56. The summed E-state index contributed by atoms with van der Waals surface area (Å²) in [7, 11) is -3.19. The van der Waals surface area contributed by atoms with Gasteiger partial charge in [0.15, 0.2) is 9.84 Å². The van der Waals surface area contributed by atoms with Crippen LogP contribution in [0.1, 0.15) is 18.9 Å². The maximum absolute atomic E-state index is 11.6. The minimum absolute atomic E-state index is 0.312. The van der Waals surface area contributed by atoms with Gasteiger partial charge in [-0.3, -0.25) is 4.90 Å². The van der Waals surface area contributed by atoms with E-state index in [2.05, 4.69) is 4.90 Å². The molecule has 0 bridgehead atoms. The molecule has 1 fully saturated rings. The number of halogens is 1. The van der Waals surface area contributed by atoms with Gasteiger partial charge in [-0.2, -0.15) is 0 Å². The normalized spacial score (nSPS) is 23.9. The van der Waals surface area contributed by atoms with Gasteiger partial charge in [0, 0.05) is 30.9 Å². The maximum atomic E-state index is 11.6. The Morgan fingerprint density at radius 1 is 1.26 bits per heavy atom. The van der Waals surface area contributed by atoms with Crippen molar-refractivity contribution in [3.05, 3.63) is 59.1 Å². The first-order chi connectivity index (χ1) is 12.6. The van der Waals surface area contributed by atoms with Crippen molar-refractivity contribution in [2.75, 3.05) is 19.3 Å². The Kier molecular flexibility index (Phi) is 5.82. The Balaban J connectivity index is 1.63. The third kappa shape index (κ3) is 5.23. The summed E-state index contributed by atoms with van der Waals surface area (Å²) < 4.78 is 29.1. The first-order valence-corrected chi connectivity index (χ1v) is 11.1. The number of β-amino-alcohol motifs (C(OH)–C–C–N with tert-alkyl or cyclic N) is 1. The Labute approximate surface area is 165 Å². The van der Waals surface area contributed by atoms with Crippen LogP contribution in [0.25, 0.3) is 0 Å². The van der Waals surface area contributed by atoms with E-state index in [0.29, 0.717) is 35.2 Å². The zero-order valence-corrected chi connectivity index (χ0v) is 17.0. The lowest BCUT2D eigenvalue weighted by Gasteiger charge is -2.42. The highest BCUT2D eigenvalue weighted by Crippen LogP contribution is 2.28. The van der Waals surface area contributed by atoms with E-state index in [-0.39, 0.29) is 6.10 Å². The Morgan fingerprint density at radius 2 is 1.96 bits per heavy atom. The minimum atomic E-state index is -3.19. The van der Waals surface area contributed by atoms with Crippen LogP contribution in [0.5, 0.6) is 5.75 Å². The molecule has 0 spiro atoms. The van der Waals surface area contributed by atoms with Crippen LogP contribution >= 0.6 is 11.6 Å². The fourth-order valence-corrected chi connectivity index (χ4v) is 4.18. The van der Waals surface area contributed by atoms with E-state index in [1.54, 1.807) is 31.2 Å². The molecule has 2 atom stereocenters. The van der Waals surface area contributed by atoms with Crippen LogP contribution in [0.3, 0.4) is 0 Å². The number of hydrogen-bond donors (Lipinski definition) is 1. The molecule has 1 saturated heterocycles. The molecule has 0 aromatic heterocycles. The van der Waals surface area contributed by atoms with Gasteiger partial charge >= 0.3 is 0 Å². The van der Waals surface area contributed by atoms with Crippen molar-refractivity contribution >= 4 is 21.4 Å². The second-order valence-corrected chi connectivity index (χ2v) is 9.79. The molecule has 2 aromatic rings. The molecule has 0 unspecified atom stereocenters. The average Bonchev–Trinajstić information content (AvgIpc) is 2.57. The largest absolute Gasteiger partial charge is 0.487 e. The molecular formula is C20H24ClNO4S. The average molecular weight is 410 g/mol. The molecule has 5 nitrogen and oxygen atoms in total. The number of nitrogens with zero attached hydrogens (tertiary/aromatic N) is 1. The zero-order valence-electron chi connectivity index (χ0n) is 15.4. The van der Waals surface area contributed by atoms with Crippen molar-refractivity contribution < 1.29 is 18.3 Å². The molecule has 146 valence electrons. The standard InChI is InChI=1S/C20H24ClNO4S/c1-20(23)14-22(13-15-6-8-18(9-7-15)27(2,24)25)11-10-19(20)26-17-5-3-4-16(21)12-17/h3-9,12,19,23H,10-11,13-14H2,1-2H3/t19-,20-/m0/s1. The van der Waals surface area contributed by atoms with Gasteiger partial charge in [0.05, 0.1) is 4.90 Å². The van der Waals surface area contributed by atoms with Gasteiger partial charge < -0.3 is 9.84 Å². The van der Waals surface area contributed by atoms with Crippen LogP contribution in [0.4, 0.5) is 0 Å². The number of hydrogen-bond acceptors (Lipinski definition) is 5. The lowest BCUT2D eigenvalue weighted by molar-refractivity contribution is -0.0993. The van der Waals surface area contributed by atoms with E-state index in [4.69, 9.17) is 16.3 Å². The predicted molar refractivity (Wildman–Crippen MR) is 106 cm³/mol. The van der Waals surface area contributed by atoms with Gasteiger partial charge in [-0.05, 0) is 49.2 Å². The van der Waals surface area contributed by atoms with E-state index in [1.165, 1.54) is 6.26 Å². The number of likely N-dealkylation sites (tertiary alicyclic amines) is 1. The molecule has 0 radical (unpaired) electrons. The first-order valence-electron chi connectivity index (χ1n) is 8.79. The SMILES string of the molecule is C[C@]1(O)CN(Cc2ccc(S(C)(=O)=O)cc2)CC[C@@H]1Oc1cccc(Cl)c1. The summed E-state index contributed by atoms with van der Waals surface area (Å²) in [5.41, 5.74) is 0.000180. The van der Waals surface area contributed by atoms with E-state index in [1.807, 2.05) is 24.3 Å². The summed E-state index contributed by atoms with van der Waals surface area (Å²) in [5, 5.41) is 11.5. The topological polar surface area (TPSA) is 66.8 Å². The van der Waals surface area contributed by atoms with Gasteiger partial charge in [-0.25, -0.2) is 8.42 Å². The van der Waals surface area contributed by atoms with Crippen LogP contribution < -0.4 is 4.74 Å². The molecule has 2 aromatic carbocycles. The van der Waals surface area contributed by atoms with Gasteiger partial charge in [0.1, 0.15) is 17.5 Å². The summed E-state index contributed by atoms with van der Waals surface area (Å²) in [6.45, 7) is 3.66. The second kappa shape index (κ2) is 7.80. The van der Waals surface area contributed by atoms with Crippen molar-refractivity contribution in [1.82, 2.24) is 4.90 Å². The number of piperidine rings is 1. The molecule has 3 rings (SSSR count). The van der Waals surface area contributed by atoms with E-state index < -0.39 is 15.4 Å². The van der Waals surface area contributed by atoms with Crippen molar-refractivity contribution in [2.24, 2.45) is 0 Å². The van der Waals surface area contributed by atoms with Crippen molar-refractivity contribution in [2.45, 2.75) is 36.5 Å². The van der Waals surface area contributed by atoms with Gasteiger partial charge in [-0.1, -0.05) is 29.8 Å². The molecule has 7 heteroatoms. The summed E-state index contributed by atoms with van der Waals surface area (Å²) in [5.74, 6) is 0.651. The minimum Gasteiger partial charge on any atom is -0.487 e. The molecule has 1 heterocycles. The van der Waals surface area contributed by atoms with Gasteiger partial charge in [0.25, 0.3) is 0 Å². The zero-order chi connectivity index (χ0) is 19.7. The summed E-state index contributed by atoms with van der Waals surface area (Å²) in [4.78, 5) is 2.46. The highest BCUT2D eigenvalue weighted by molar-refractivity contribution is 7.90. The molecule has 0 saturated carbocycles. The van der Waals surface area contributed by atoms with E-state index in [0.717, 1.165) is 12.1 Å². The van der Waals surface area contributed by atoms with Crippen molar-refractivity contribution in [3.63, 3.8) is 0 Å². The predicted octanol–water partition coefficient (Wildman–Crippen LogP) is 3.15. The monoisotopic (exact) mass is 409 g/mol. The number of ether oxygens (including phenoxy) is 1. The highest BCUT2D eigenvalue weighted by atomic mass is 35.5. The molecule has 1 N–H and O–H groups in total. The Hall–Kier alpha value is -1.60. The van der Waals surface area contributed by atoms with Crippen LogP contribution in [0, 0.1) is 0 Å².